The lowest BCUT2D eigenvalue weighted by Crippen LogP contribution is -2.32. The Morgan fingerprint density at radius 2 is 1.92 bits per heavy atom. The van der Waals surface area contributed by atoms with Gasteiger partial charge in [-0.2, -0.15) is 0 Å². The molecule has 1 fully saturated rings. The highest BCUT2D eigenvalue weighted by Crippen LogP contribution is 2.27. The van der Waals surface area contributed by atoms with Crippen LogP contribution >= 0.6 is 0 Å². The molecule has 0 saturated carbocycles. The SMILES string of the molecule is NC(=O)c1cccc(NC(=O)N2CCC(c3ccc(F)cc3)C2)c1. The molecule has 3 amide bonds. The van der Waals surface area contributed by atoms with E-state index in [1.165, 1.54) is 12.1 Å². The number of hydrogen-bond donors (Lipinski definition) is 2. The molecule has 3 rings (SSSR count). The number of rotatable bonds is 3. The number of nitrogens with zero attached hydrogens (tertiary/aromatic N) is 1. The normalized spacial score (nSPS) is 16.9. The molecule has 0 spiro atoms. The Bertz CT molecular complexity index is 761. The van der Waals surface area contributed by atoms with Crippen LogP contribution in [0.5, 0.6) is 0 Å². The van der Waals surface area contributed by atoms with Gasteiger partial charge in [0.2, 0.25) is 5.91 Å². The summed E-state index contributed by atoms with van der Waals surface area (Å²) in [6, 6.07) is 12.7. The van der Waals surface area contributed by atoms with Crippen LogP contribution in [-0.2, 0) is 0 Å². The summed E-state index contributed by atoms with van der Waals surface area (Å²) in [5.74, 6) is -0.599. The van der Waals surface area contributed by atoms with Gasteiger partial charge in [-0.25, -0.2) is 9.18 Å². The zero-order valence-electron chi connectivity index (χ0n) is 13.0. The van der Waals surface area contributed by atoms with Crippen LogP contribution in [0.4, 0.5) is 14.9 Å². The first kappa shape index (κ1) is 16.0. The first-order chi connectivity index (χ1) is 11.5. The van der Waals surface area contributed by atoms with Crippen molar-refractivity contribution >= 4 is 17.6 Å². The van der Waals surface area contributed by atoms with Crippen LogP contribution in [0, 0.1) is 5.82 Å². The number of benzene rings is 2. The van der Waals surface area contributed by atoms with Crippen molar-refractivity contribution in [1.29, 1.82) is 0 Å². The van der Waals surface area contributed by atoms with E-state index in [9.17, 15) is 14.0 Å². The monoisotopic (exact) mass is 327 g/mol. The van der Waals surface area contributed by atoms with Crippen molar-refractivity contribution in [2.75, 3.05) is 18.4 Å². The van der Waals surface area contributed by atoms with Gasteiger partial charge in [-0.1, -0.05) is 18.2 Å². The van der Waals surface area contributed by atoms with Gasteiger partial charge in [0.25, 0.3) is 0 Å². The molecule has 6 heteroatoms. The lowest BCUT2D eigenvalue weighted by molar-refractivity contribution is 0.1000. The van der Waals surface area contributed by atoms with Gasteiger partial charge in [-0.15, -0.1) is 0 Å². The zero-order valence-corrected chi connectivity index (χ0v) is 13.0. The fourth-order valence-electron chi connectivity index (χ4n) is 2.90. The number of urea groups is 1. The maximum absolute atomic E-state index is 13.0. The van der Waals surface area contributed by atoms with Crippen LogP contribution in [0.2, 0.25) is 0 Å². The van der Waals surface area contributed by atoms with E-state index in [0.717, 1.165) is 12.0 Å². The number of anilines is 1. The number of amides is 3. The number of primary amides is 1. The van der Waals surface area contributed by atoms with E-state index in [0.29, 0.717) is 24.3 Å². The molecule has 1 unspecified atom stereocenters. The molecule has 1 aliphatic heterocycles. The third-order valence-electron chi connectivity index (χ3n) is 4.22. The van der Waals surface area contributed by atoms with Gasteiger partial charge in [0.05, 0.1) is 0 Å². The van der Waals surface area contributed by atoms with Crippen molar-refractivity contribution in [3.63, 3.8) is 0 Å². The molecular formula is C18H18FN3O2. The third-order valence-corrected chi connectivity index (χ3v) is 4.22. The molecule has 1 aliphatic rings. The average Bonchev–Trinajstić information content (AvgIpc) is 3.06. The molecule has 24 heavy (non-hydrogen) atoms. The Labute approximate surface area is 139 Å². The minimum Gasteiger partial charge on any atom is -0.366 e. The highest BCUT2D eigenvalue weighted by Gasteiger charge is 2.27. The van der Waals surface area contributed by atoms with E-state index in [1.54, 1.807) is 41.3 Å². The number of carbonyl (C=O) groups excluding carboxylic acids is 2. The van der Waals surface area contributed by atoms with Gasteiger partial charge in [0.1, 0.15) is 5.82 Å². The lowest BCUT2D eigenvalue weighted by Gasteiger charge is -2.18. The molecule has 0 aromatic heterocycles. The molecule has 0 bridgehead atoms. The fraction of sp³-hybridized carbons (Fsp3) is 0.222. The summed E-state index contributed by atoms with van der Waals surface area (Å²) in [5, 5.41) is 2.78. The topological polar surface area (TPSA) is 75.4 Å². The molecule has 2 aromatic carbocycles. The average molecular weight is 327 g/mol. The molecule has 0 aliphatic carbocycles. The largest absolute Gasteiger partial charge is 0.366 e. The molecule has 5 nitrogen and oxygen atoms in total. The van der Waals surface area contributed by atoms with Crippen molar-refractivity contribution in [3.05, 3.63) is 65.5 Å². The maximum Gasteiger partial charge on any atom is 0.321 e. The minimum atomic E-state index is -0.538. The molecule has 3 N–H and O–H groups in total. The van der Waals surface area contributed by atoms with E-state index in [4.69, 9.17) is 5.73 Å². The predicted octanol–water partition coefficient (Wildman–Crippen LogP) is 2.95. The van der Waals surface area contributed by atoms with Crippen molar-refractivity contribution in [2.24, 2.45) is 5.73 Å². The Morgan fingerprint density at radius 1 is 1.17 bits per heavy atom. The van der Waals surface area contributed by atoms with E-state index in [2.05, 4.69) is 5.32 Å². The van der Waals surface area contributed by atoms with Crippen molar-refractivity contribution in [3.8, 4) is 0 Å². The van der Waals surface area contributed by atoms with Gasteiger partial charge in [-0.3, -0.25) is 4.79 Å². The van der Waals surface area contributed by atoms with Crippen LogP contribution in [0.25, 0.3) is 0 Å². The van der Waals surface area contributed by atoms with E-state index < -0.39 is 5.91 Å². The Kier molecular flexibility index (Phi) is 4.46. The fourth-order valence-corrected chi connectivity index (χ4v) is 2.90. The highest BCUT2D eigenvalue weighted by atomic mass is 19.1. The van der Waals surface area contributed by atoms with Crippen molar-refractivity contribution in [1.82, 2.24) is 4.90 Å². The minimum absolute atomic E-state index is 0.202. The quantitative estimate of drug-likeness (QED) is 0.909. The number of nitrogens with one attached hydrogen (secondary N) is 1. The summed E-state index contributed by atoms with van der Waals surface area (Å²) >= 11 is 0. The van der Waals surface area contributed by atoms with Crippen LogP contribution < -0.4 is 11.1 Å². The Balaban J connectivity index is 1.63. The Hall–Kier alpha value is -2.89. The third kappa shape index (κ3) is 3.53. The van der Waals surface area contributed by atoms with E-state index in [-0.39, 0.29) is 17.8 Å². The number of carbonyl (C=O) groups is 2. The second-order valence-corrected chi connectivity index (χ2v) is 5.86. The van der Waals surface area contributed by atoms with Crippen LogP contribution in [0.1, 0.15) is 28.3 Å². The van der Waals surface area contributed by atoms with Gasteiger partial charge < -0.3 is 16.0 Å². The summed E-state index contributed by atoms with van der Waals surface area (Å²) in [6.45, 7) is 1.20. The van der Waals surface area contributed by atoms with Gasteiger partial charge in [0, 0.05) is 30.3 Å². The second kappa shape index (κ2) is 6.70. The number of hydrogen-bond acceptors (Lipinski definition) is 2. The molecule has 1 heterocycles. The van der Waals surface area contributed by atoms with E-state index >= 15 is 0 Å². The summed E-state index contributed by atoms with van der Waals surface area (Å²) in [4.78, 5) is 25.3. The summed E-state index contributed by atoms with van der Waals surface area (Å²) in [7, 11) is 0. The number of nitrogens with two attached hydrogens (primary N) is 1. The van der Waals surface area contributed by atoms with E-state index in [1.807, 2.05) is 0 Å². The molecule has 1 atom stereocenters. The maximum atomic E-state index is 13.0. The number of halogens is 1. The first-order valence-corrected chi connectivity index (χ1v) is 7.74. The number of likely N-dealkylation sites (tertiary alicyclic amines) is 1. The molecule has 2 aromatic rings. The van der Waals surface area contributed by atoms with Crippen molar-refractivity contribution < 1.29 is 14.0 Å². The Morgan fingerprint density at radius 3 is 2.62 bits per heavy atom. The molecule has 0 radical (unpaired) electrons. The summed E-state index contributed by atoms with van der Waals surface area (Å²) in [5.41, 5.74) is 7.15. The smallest absolute Gasteiger partial charge is 0.321 e. The van der Waals surface area contributed by atoms with Crippen molar-refractivity contribution in [2.45, 2.75) is 12.3 Å². The molecule has 1 saturated heterocycles. The predicted molar refractivity (Wildman–Crippen MR) is 89.3 cm³/mol. The highest BCUT2D eigenvalue weighted by molar-refractivity contribution is 5.95. The molecule has 124 valence electrons. The zero-order chi connectivity index (χ0) is 17.1. The summed E-state index contributed by atoms with van der Waals surface area (Å²) < 4.78 is 13.0. The molecular weight excluding hydrogens is 309 g/mol. The lowest BCUT2D eigenvalue weighted by atomic mass is 9.99. The summed E-state index contributed by atoms with van der Waals surface area (Å²) in [6.07, 6.45) is 0.834. The van der Waals surface area contributed by atoms with Gasteiger partial charge in [-0.05, 0) is 42.3 Å². The van der Waals surface area contributed by atoms with Gasteiger partial charge in [0.15, 0.2) is 0 Å². The van der Waals surface area contributed by atoms with Crippen LogP contribution in [0.15, 0.2) is 48.5 Å². The standard InChI is InChI=1S/C18H18FN3O2/c19-15-6-4-12(5-7-15)14-8-9-22(11-14)18(24)21-16-3-1-2-13(10-16)17(20)23/h1-7,10,14H,8-9,11H2,(H2,20,23)(H,21,24). The first-order valence-electron chi connectivity index (χ1n) is 7.74. The van der Waals surface area contributed by atoms with Gasteiger partial charge >= 0.3 is 6.03 Å². The van der Waals surface area contributed by atoms with Crippen LogP contribution in [0.3, 0.4) is 0 Å². The van der Waals surface area contributed by atoms with Crippen LogP contribution in [-0.4, -0.2) is 29.9 Å². The second-order valence-electron chi connectivity index (χ2n) is 5.86.